The number of ether oxygens (including phenoxy) is 3. The first-order valence-electron chi connectivity index (χ1n) is 10.8. The molecule has 12 heteroatoms. The summed E-state index contributed by atoms with van der Waals surface area (Å²) >= 11 is 0. The van der Waals surface area contributed by atoms with E-state index in [1.807, 2.05) is 33.9 Å². The Balaban J connectivity index is 2.34. The van der Waals surface area contributed by atoms with Crippen molar-refractivity contribution in [3.63, 3.8) is 0 Å². The summed E-state index contributed by atoms with van der Waals surface area (Å²) in [5.41, 5.74) is 9.41. The quantitative estimate of drug-likeness (QED) is 0.144. The average Bonchev–Trinajstić information content (AvgIpc) is 2.76. The highest BCUT2D eigenvalue weighted by molar-refractivity contribution is 6.74. The van der Waals surface area contributed by atoms with Crippen molar-refractivity contribution in [1.29, 1.82) is 0 Å². The van der Waals surface area contributed by atoms with Crippen molar-refractivity contribution in [1.82, 2.24) is 0 Å². The fraction of sp³-hybridized carbons (Fsp3) is 0.591. The van der Waals surface area contributed by atoms with Crippen LogP contribution in [0.5, 0.6) is 0 Å². The summed E-state index contributed by atoms with van der Waals surface area (Å²) in [5, 5.41) is 14.3. The van der Waals surface area contributed by atoms with Crippen LogP contribution in [0.1, 0.15) is 38.1 Å². The van der Waals surface area contributed by atoms with Crippen LogP contribution in [0.3, 0.4) is 0 Å². The molecule has 0 bridgehead atoms. The molecule has 4 unspecified atom stereocenters. The molecule has 1 N–H and O–H groups in total. The standard InChI is InChI=1S/C22H31N3O8Si/c1-13(26)19(28)32-18-16(24-25-23)21(33-34(5,6)22(2,3)4)31-15(17(18)27)12-30-20(29)14-10-8-7-9-11-14/h7-11,15-18,21,27H,12H2,1-6H3/t15?,16?,17-,18?,21?/m1/s1. The zero-order valence-electron chi connectivity index (χ0n) is 20.1. The number of carbonyl (C=O) groups excluding carboxylic acids is 3. The van der Waals surface area contributed by atoms with Gasteiger partial charge in [-0.15, -0.1) is 0 Å². The molecule has 11 nitrogen and oxygen atoms in total. The lowest BCUT2D eigenvalue weighted by Crippen LogP contribution is -2.62. The van der Waals surface area contributed by atoms with Gasteiger partial charge in [0.05, 0.1) is 5.56 Å². The van der Waals surface area contributed by atoms with Gasteiger partial charge in [-0.25, -0.2) is 9.59 Å². The summed E-state index contributed by atoms with van der Waals surface area (Å²) in [6.45, 7) is 10.5. The summed E-state index contributed by atoms with van der Waals surface area (Å²) in [5.74, 6) is -2.75. The van der Waals surface area contributed by atoms with E-state index in [1.54, 1.807) is 30.3 Å². The molecule has 0 aromatic heterocycles. The van der Waals surface area contributed by atoms with Gasteiger partial charge in [-0.2, -0.15) is 0 Å². The number of Topliss-reactive ketones (excluding diaryl/α,β-unsaturated/α-hetero) is 1. The van der Waals surface area contributed by atoms with Gasteiger partial charge in [0.25, 0.3) is 0 Å². The number of hydrogen-bond donors (Lipinski definition) is 1. The number of nitrogens with zero attached hydrogens (tertiary/aromatic N) is 3. The molecule has 1 aliphatic heterocycles. The van der Waals surface area contributed by atoms with Crippen LogP contribution in [-0.2, 0) is 28.2 Å². The second-order valence-electron chi connectivity index (χ2n) is 9.50. The first kappa shape index (κ1) is 27.5. The molecule has 1 aromatic rings. The molecule has 1 heterocycles. The predicted octanol–water partition coefficient (Wildman–Crippen LogP) is 3.13. The SMILES string of the molecule is CC(=O)C(=O)OC1C(N=[N+]=[N-])C(O[Si](C)(C)C(C)(C)C)OC(COC(=O)c2ccccc2)[C@H]1O. The van der Waals surface area contributed by atoms with E-state index in [-0.39, 0.29) is 5.04 Å². The van der Waals surface area contributed by atoms with Crippen LogP contribution in [0.2, 0.25) is 18.1 Å². The van der Waals surface area contributed by atoms with Crippen molar-refractivity contribution in [3.05, 3.63) is 46.3 Å². The van der Waals surface area contributed by atoms with Crippen molar-refractivity contribution in [2.24, 2.45) is 5.11 Å². The van der Waals surface area contributed by atoms with Gasteiger partial charge in [0.15, 0.2) is 14.6 Å². The minimum Gasteiger partial charge on any atom is -0.459 e. The molecule has 186 valence electrons. The number of benzene rings is 1. The Morgan fingerprint density at radius 3 is 2.35 bits per heavy atom. The highest BCUT2D eigenvalue weighted by Gasteiger charge is 2.51. The molecule has 1 saturated heterocycles. The summed E-state index contributed by atoms with van der Waals surface area (Å²) in [6, 6.07) is 6.95. The molecule has 0 amide bonds. The third-order valence-electron chi connectivity index (χ3n) is 5.96. The molecule has 0 aliphatic carbocycles. The lowest BCUT2D eigenvalue weighted by molar-refractivity contribution is -0.248. The predicted molar refractivity (Wildman–Crippen MR) is 123 cm³/mol. The van der Waals surface area contributed by atoms with Crippen LogP contribution in [0.15, 0.2) is 35.4 Å². The van der Waals surface area contributed by atoms with Crippen molar-refractivity contribution < 1.29 is 38.1 Å². The summed E-state index contributed by atoms with van der Waals surface area (Å²) < 4.78 is 22.7. The monoisotopic (exact) mass is 493 g/mol. The lowest BCUT2D eigenvalue weighted by Gasteiger charge is -2.46. The third kappa shape index (κ3) is 6.64. The Morgan fingerprint density at radius 1 is 1.21 bits per heavy atom. The minimum absolute atomic E-state index is 0.256. The van der Waals surface area contributed by atoms with Crippen LogP contribution in [0.4, 0.5) is 0 Å². The van der Waals surface area contributed by atoms with Crippen LogP contribution in [-0.4, -0.2) is 68.4 Å². The zero-order valence-corrected chi connectivity index (χ0v) is 21.1. The van der Waals surface area contributed by atoms with Crippen LogP contribution in [0.25, 0.3) is 10.4 Å². The number of carbonyl (C=O) groups is 3. The summed E-state index contributed by atoms with van der Waals surface area (Å²) in [4.78, 5) is 38.7. The first-order valence-corrected chi connectivity index (χ1v) is 13.7. The number of aliphatic hydroxyl groups excluding tert-OH is 1. The fourth-order valence-corrected chi connectivity index (χ4v) is 4.07. The molecule has 34 heavy (non-hydrogen) atoms. The van der Waals surface area contributed by atoms with Crippen LogP contribution >= 0.6 is 0 Å². The number of esters is 2. The maximum absolute atomic E-state index is 12.4. The number of ketones is 1. The highest BCUT2D eigenvalue weighted by atomic mass is 28.4. The van der Waals surface area contributed by atoms with Gasteiger partial charge in [0, 0.05) is 11.8 Å². The maximum Gasteiger partial charge on any atom is 0.374 e. The van der Waals surface area contributed by atoms with Gasteiger partial charge in [0.2, 0.25) is 5.78 Å². The van der Waals surface area contributed by atoms with Gasteiger partial charge < -0.3 is 23.7 Å². The molecule has 0 spiro atoms. The van der Waals surface area contributed by atoms with E-state index in [0.717, 1.165) is 6.92 Å². The minimum atomic E-state index is -2.51. The second-order valence-corrected chi connectivity index (χ2v) is 14.3. The molecule has 5 atom stereocenters. The Hall–Kier alpha value is -2.76. The molecule has 0 saturated carbocycles. The van der Waals surface area contributed by atoms with Crippen molar-refractivity contribution >= 4 is 26.0 Å². The van der Waals surface area contributed by atoms with Crippen molar-refractivity contribution in [2.45, 2.75) is 76.5 Å². The largest absolute Gasteiger partial charge is 0.459 e. The van der Waals surface area contributed by atoms with E-state index < -0.39 is 63.3 Å². The zero-order chi connectivity index (χ0) is 25.7. The van der Waals surface area contributed by atoms with E-state index in [1.165, 1.54) is 0 Å². The number of azide groups is 1. The van der Waals surface area contributed by atoms with E-state index in [4.69, 9.17) is 24.2 Å². The van der Waals surface area contributed by atoms with Crippen LogP contribution < -0.4 is 0 Å². The van der Waals surface area contributed by atoms with Gasteiger partial charge >= 0.3 is 11.9 Å². The fourth-order valence-electron chi connectivity index (χ4n) is 2.95. The van der Waals surface area contributed by atoms with E-state index in [2.05, 4.69) is 10.0 Å². The van der Waals surface area contributed by atoms with E-state index in [0.29, 0.717) is 5.56 Å². The van der Waals surface area contributed by atoms with Crippen LogP contribution in [0, 0.1) is 0 Å². The van der Waals surface area contributed by atoms with Gasteiger partial charge in [-0.1, -0.05) is 44.1 Å². The normalized spacial score (nSPS) is 25.1. The van der Waals surface area contributed by atoms with Gasteiger partial charge in [-0.05, 0) is 35.8 Å². The molecular weight excluding hydrogens is 462 g/mol. The van der Waals surface area contributed by atoms with E-state index in [9.17, 15) is 19.5 Å². The number of rotatable bonds is 8. The Bertz CT molecular complexity index is 943. The molecule has 1 fully saturated rings. The average molecular weight is 494 g/mol. The third-order valence-corrected chi connectivity index (χ3v) is 10.4. The molecule has 1 aromatic carbocycles. The topological polar surface area (TPSA) is 157 Å². The van der Waals surface area contributed by atoms with Crippen molar-refractivity contribution in [3.8, 4) is 0 Å². The van der Waals surface area contributed by atoms with Crippen molar-refractivity contribution in [2.75, 3.05) is 6.61 Å². The van der Waals surface area contributed by atoms with E-state index >= 15 is 0 Å². The molecule has 1 aliphatic rings. The molecule has 0 radical (unpaired) electrons. The summed E-state index contributed by atoms with van der Waals surface area (Å²) in [7, 11) is -2.51. The molecule has 2 rings (SSSR count). The Kier molecular flexibility index (Phi) is 8.98. The smallest absolute Gasteiger partial charge is 0.374 e. The number of hydrogen-bond acceptors (Lipinski definition) is 9. The first-order chi connectivity index (χ1) is 15.8. The van der Waals surface area contributed by atoms with Gasteiger partial charge in [0.1, 0.15) is 31.0 Å². The second kappa shape index (κ2) is 11.1. The summed E-state index contributed by atoms with van der Waals surface area (Å²) in [6.07, 6.45) is -5.43. The highest BCUT2D eigenvalue weighted by Crippen LogP contribution is 2.39. The van der Waals surface area contributed by atoms with Gasteiger partial charge in [-0.3, -0.25) is 4.79 Å². The number of aliphatic hydroxyl groups is 1. The molecular formula is C22H31N3O8Si. The Morgan fingerprint density at radius 2 is 1.82 bits per heavy atom. The Labute approximate surface area is 199 Å². The maximum atomic E-state index is 12.4. The lowest BCUT2D eigenvalue weighted by atomic mass is 9.97.